The maximum atomic E-state index is 12.4. The summed E-state index contributed by atoms with van der Waals surface area (Å²) < 4.78 is 2.19. The monoisotopic (exact) mass is 426 g/mol. The maximum Gasteiger partial charge on any atom is 0.369 e. The summed E-state index contributed by atoms with van der Waals surface area (Å²) in [5, 5.41) is 15.2. The van der Waals surface area contributed by atoms with Gasteiger partial charge < -0.3 is 5.32 Å². The molecule has 1 N–H and O–H groups in total. The van der Waals surface area contributed by atoms with Crippen molar-refractivity contribution in [2.45, 2.75) is 27.3 Å². The smallest absolute Gasteiger partial charge is 0.300 e. The van der Waals surface area contributed by atoms with Crippen LogP contribution >= 0.6 is 22.7 Å². The molecule has 0 fully saturated rings. The van der Waals surface area contributed by atoms with Crippen LogP contribution in [0.15, 0.2) is 39.8 Å². The number of aromatic nitrogens is 5. The molecule has 0 saturated carbocycles. The van der Waals surface area contributed by atoms with E-state index >= 15 is 0 Å². The zero-order valence-electron chi connectivity index (χ0n) is 16.0. The third kappa shape index (κ3) is 3.89. The Balaban J connectivity index is 1.49. The second kappa shape index (κ2) is 7.72. The lowest BCUT2D eigenvalue weighted by Crippen LogP contribution is -2.29. The van der Waals surface area contributed by atoms with Crippen LogP contribution in [0, 0.1) is 20.8 Å². The molecule has 0 aliphatic rings. The van der Waals surface area contributed by atoms with E-state index in [1.165, 1.54) is 32.9 Å². The largest absolute Gasteiger partial charge is 0.369 e. The lowest BCUT2D eigenvalue weighted by atomic mass is 9.98. The molecule has 0 atom stereocenters. The fourth-order valence-corrected chi connectivity index (χ4v) is 4.61. The first-order chi connectivity index (χ1) is 13.9. The zero-order chi connectivity index (χ0) is 20.5. The molecule has 1 amide bonds. The van der Waals surface area contributed by atoms with Crippen LogP contribution < -0.4 is 11.0 Å². The normalized spacial score (nSPS) is 11.0. The van der Waals surface area contributed by atoms with Crippen molar-refractivity contribution in [3.8, 4) is 16.3 Å². The molecular formula is C19H18N6O2S2. The summed E-state index contributed by atoms with van der Waals surface area (Å²) in [5.74, 6) is -0.386. The number of rotatable bonds is 5. The molecule has 0 aliphatic heterocycles. The van der Waals surface area contributed by atoms with E-state index in [4.69, 9.17) is 0 Å². The van der Waals surface area contributed by atoms with Crippen LogP contribution in [0.5, 0.6) is 0 Å². The Hall–Kier alpha value is -3.11. The van der Waals surface area contributed by atoms with E-state index in [2.05, 4.69) is 53.6 Å². The van der Waals surface area contributed by atoms with Crippen LogP contribution in [0.25, 0.3) is 16.3 Å². The van der Waals surface area contributed by atoms with Gasteiger partial charge in [0.15, 0.2) is 5.13 Å². The zero-order valence-corrected chi connectivity index (χ0v) is 17.7. The van der Waals surface area contributed by atoms with Crippen molar-refractivity contribution in [3.63, 3.8) is 0 Å². The number of aryl methyl sites for hydroxylation is 3. The van der Waals surface area contributed by atoms with Gasteiger partial charge in [0.25, 0.3) is 0 Å². The first-order valence-corrected chi connectivity index (χ1v) is 10.6. The minimum atomic E-state index is -0.465. The van der Waals surface area contributed by atoms with Crippen molar-refractivity contribution in [1.82, 2.24) is 24.8 Å². The average Bonchev–Trinajstić information content (AvgIpc) is 3.38. The van der Waals surface area contributed by atoms with Crippen LogP contribution in [0.1, 0.15) is 16.7 Å². The molecule has 4 rings (SSSR count). The fraction of sp³-hybridized carbons (Fsp3) is 0.211. The van der Waals surface area contributed by atoms with Gasteiger partial charge >= 0.3 is 5.69 Å². The van der Waals surface area contributed by atoms with Gasteiger partial charge in [0, 0.05) is 10.9 Å². The van der Waals surface area contributed by atoms with E-state index in [-0.39, 0.29) is 12.5 Å². The molecule has 148 valence electrons. The number of thiazole rings is 1. The summed E-state index contributed by atoms with van der Waals surface area (Å²) >= 11 is 2.71. The highest BCUT2D eigenvalue weighted by Gasteiger charge is 2.15. The maximum absolute atomic E-state index is 12.4. The number of nitrogens with one attached hydrogen (secondary N) is 1. The van der Waals surface area contributed by atoms with Crippen molar-refractivity contribution in [3.05, 3.63) is 62.2 Å². The van der Waals surface area contributed by atoms with Crippen molar-refractivity contribution in [2.75, 3.05) is 5.32 Å². The molecule has 0 radical (unpaired) electrons. The average molecular weight is 427 g/mol. The Labute approximate surface area is 174 Å². The number of tetrazole rings is 1. The Morgan fingerprint density at radius 3 is 2.59 bits per heavy atom. The predicted molar refractivity (Wildman–Crippen MR) is 114 cm³/mol. The number of hydrogen-bond donors (Lipinski definition) is 1. The number of thiophene rings is 1. The van der Waals surface area contributed by atoms with Crippen LogP contribution in [-0.4, -0.2) is 30.7 Å². The second-order valence-corrected chi connectivity index (χ2v) is 8.43. The molecule has 3 heterocycles. The molecule has 0 bridgehead atoms. The van der Waals surface area contributed by atoms with Gasteiger partial charge in [0.2, 0.25) is 5.91 Å². The summed E-state index contributed by atoms with van der Waals surface area (Å²) in [6.45, 7) is 5.93. The summed E-state index contributed by atoms with van der Waals surface area (Å²) in [6, 6.07) is 7.81. The molecule has 0 spiro atoms. The van der Waals surface area contributed by atoms with Gasteiger partial charge in [0.1, 0.15) is 11.5 Å². The van der Waals surface area contributed by atoms with Crippen LogP contribution in [0.3, 0.4) is 0 Å². The van der Waals surface area contributed by atoms with Gasteiger partial charge in [-0.1, -0.05) is 17.7 Å². The third-order valence-corrected chi connectivity index (χ3v) is 5.93. The predicted octanol–water partition coefficient (Wildman–Crippen LogP) is 3.18. The second-order valence-electron chi connectivity index (χ2n) is 6.64. The Kier molecular flexibility index (Phi) is 5.12. The molecule has 0 aliphatic carbocycles. The van der Waals surface area contributed by atoms with Crippen molar-refractivity contribution in [2.24, 2.45) is 0 Å². The van der Waals surface area contributed by atoms with Crippen LogP contribution in [0.2, 0.25) is 0 Å². The van der Waals surface area contributed by atoms with E-state index in [0.717, 1.165) is 27.1 Å². The van der Waals surface area contributed by atoms with Crippen LogP contribution in [0.4, 0.5) is 5.13 Å². The first kappa shape index (κ1) is 19.2. The SMILES string of the molecule is Cc1cc(C)c(-c2csc(NC(=O)Cn3nnn(-c4cccs4)c3=O)n2)c(C)c1. The minimum absolute atomic E-state index is 0.234. The number of benzene rings is 1. The molecule has 0 unspecified atom stereocenters. The summed E-state index contributed by atoms with van der Waals surface area (Å²) in [4.78, 5) is 29.3. The van der Waals surface area contributed by atoms with Gasteiger partial charge in [-0.25, -0.2) is 9.78 Å². The number of carbonyl (C=O) groups excluding carboxylic acids is 1. The number of nitrogens with zero attached hydrogens (tertiary/aromatic N) is 5. The summed E-state index contributed by atoms with van der Waals surface area (Å²) in [6.07, 6.45) is 0. The van der Waals surface area contributed by atoms with E-state index in [1.807, 2.05) is 16.8 Å². The highest BCUT2D eigenvalue weighted by molar-refractivity contribution is 7.14. The molecule has 4 aromatic rings. The molecule has 0 saturated heterocycles. The number of anilines is 1. The molecule has 3 aromatic heterocycles. The fourth-order valence-electron chi connectivity index (χ4n) is 3.23. The van der Waals surface area contributed by atoms with E-state index in [1.54, 1.807) is 6.07 Å². The van der Waals surface area contributed by atoms with Gasteiger partial charge in [-0.3, -0.25) is 4.79 Å². The molecule has 10 heteroatoms. The van der Waals surface area contributed by atoms with Gasteiger partial charge in [-0.2, -0.15) is 9.36 Å². The third-order valence-electron chi connectivity index (χ3n) is 4.33. The highest BCUT2D eigenvalue weighted by Crippen LogP contribution is 2.31. The van der Waals surface area contributed by atoms with Gasteiger partial charge in [-0.15, -0.1) is 22.7 Å². The minimum Gasteiger partial charge on any atom is -0.300 e. The highest BCUT2D eigenvalue weighted by atomic mass is 32.1. The van der Waals surface area contributed by atoms with E-state index in [0.29, 0.717) is 10.1 Å². The van der Waals surface area contributed by atoms with E-state index < -0.39 is 5.69 Å². The van der Waals surface area contributed by atoms with Crippen molar-refractivity contribution in [1.29, 1.82) is 0 Å². The molecule has 1 aromatic carbocycles. The standard InChI is InChI=1S/C19H18N6O2S2/c1-11-7-12(2)17(13(3)8-11)14-10-29-18(20-14)21-15(26)9-24-19(27)25(23-22-24)16-5-4-6-28-16/h4-8,10H,9H2,1-3H3,(H,20,21,26). The Bertz CT molecular complexity index is 1210. The summed E-state index contributed by atoms with van der Waals surface area (Å²) in [7, 11) is 0. The number of carbonyl (C=O) groups is 1. The van der Waals surface area contributed by atoms with Crippen molar-refractivity contribution < 1.29 is 4.79 Å². The molecule has 8 nitrogen and oxygen atoms in total. The lowest BCUT2D eigenvalue weighted by Gasteiger charge is -2.08. The molecular weight excluding hydrogens is 408 g/mol. The Morgan fingerprint density at radius 1 is 1.14 bits per heavy atom. The van der Waals surface area contributed by atoms with Crippen LogP contribution in [-0.2, 0) is 11.3 Å². The van der Waals surface area contributed by atoms with Gasteiger partial charge in [0.05, 0.1) is 5.69 Å². The summed E-state index contributed by atoms with van der Waals surface area (Å²) in [5.41, 5.74) is 4.91. The molecule has 29 heavy (non-hydrogen) atoms. The quantitative estimate of drug-likeness (QED) is 0.529. The first-order valence-electron chi connectivity index (χ1n) is 8.82. The topological polar surface area (TPSA) is 94.7 Å². The lowest BCUT2D eigenvalue weighted by molar-refractivity contribution is -0.117. The van der Waals surface area contributed by atoms with Crippen molar-refractivity contribution >= 4 is 33.7 Å². The number of hydrogen-bond acceptors (Lipinski definition) is 7. The number of amides is 1. The van der Waals surface area contributed by atoms with Gasteiger partial charge in [-0.05, 0) is 59.8 Å². The van der Waals surface area contributed by atoms with E-state index in [9.17, 15) is 9.59 Å². The Morgan fingerprint density at radius 2 is 1.90 bits per heavy atom.